The zero-order valence-electron chi connectivity index (χ0n) is 24.5. The molecule has 6 unspecified atom stereocenters. The van der Waals surface area contributed by atoms with Gasteiger partial charge in [0.1, 0.15) is 33.2 Å². The zero-order valence-corrected chi connectivity index (χ0v) is 26.1. The summed E-state index contributed by atoms with van der Waals surface area (Å²) in [6.07, 6.45) is 0.119. The summed E-state index contributed by atoms with van der Waals surface area (Å²) in [7, 11) is 3.11. The number of hydrogen-bond donors (Lipinski definition) is 3. The Labute approximate surface area is 255 Å². The summed E-state index contributed by atoms with van der Waals surface area (Å²) in [6.45, 7) is 7.34. The minimum Gasteiger partial charge on any atom is -0.443 e. The fourth-order valence-electron chi connectivity index (χ4n) is 5.81. The number of amides is 5. The zero-order chi connectivity index (χ0) is 30.8. The molecule has 6 bridgehead atoms. The Balaban J connectivity index is 1.48. The quantitative estimate of drug-likeness (QED) is 0.394. The first kappa shape index (κ1) is 29.2. The van der Waals surface area contributed by atoms with Gasteiger partial charge in [-0.05, 0) is 19.8 Å². The van der Waals surface area contributed by atoms with Crippen molar-refractivity contribution in [2.75, 3.05) is 14.2 Å². The van der Waals surface area contributed by atoms with Gasteiger partial charge in [-0.3, -0.25) is 19.3 Å². The Morgan fingerprint density at radius 1 is 1.07 bits per heavy atom. The van der Waals surface area contributed by atoms with Crippen LogP contribution in [0.1, 0.15) is 105 Å². The van der Waals surface area contributed by atoms with Gasteiger partial charge in [0.2, 0.25) is 5.89 Å². The molecule has 0 radical (unpaired) electrons. The summed E-state index contributed by atoms with van der Waals surface area (Å²) in [5.41, 5.74) is -0.751. The maximum Gasteiger partial charge on any atom is 0.321 e. The lowest BCUT2D eigenvalue weighted by Crippen LogP contribution is -2.53. The predicted molar refractivity (Wildman–Crippen MR) is 154 cm³/mol. The number of carbonyl (C=O) groups is 4. The first-order valence-electron chi connectivity index (χ1n) is 13.9. The molecule has 3 aromatic rings. The molecule has 6 rings (SSSR count). The third kappa shape index (κ3) is 4.58. The van der Waals surface area contributed by atoms with Gasteiger partial charge in [-0.1, -0.05) is 20.3 Å². The lowest BCUT2D eigenvalue weighted by Gasteiger charge is -2.33. The summed E-state index contributed by atoms with van der Waals surface area (Å²) in [6, 6.07) is -2.18. The van der Waals surface area contributed by atoms with E-state index in [0.717, 1.165) is 6.42 Å². The fourth-order valence-corrected chi connectivity index (χ4v) is 7.69. The molecule has 3 N–H and O–H groups in total. The maximum absolute atomic E-state index is 14.3. The van der Waals surface area contributed by atoms with E-state index >= 15 is 0 Å². The number of urea groups is 1. The number of aryl methyl sites for hydroxylation is 1. The second kappa shape index (κ2) is 10.7. The van der Waals surface area contributed by atoms with Crippen LogP contribution in [-0.4, -0.2) is 74.6 Å². The largest absolute Gasteiger partial charge is 0.443 e. The highest BCUT2D eigenvalue weighted by Crippen LogP contribution is 2.48. The number of carbonyl (C=O) groups excluding carboxylic acids is 4. The van der Waals surface area contributed by atoms with E-state index in [4.69, 9.17) is 14.1 Å². The van der Waals surface area contributed by atoms with Gasteiger partial charge < -0.3 is 30.0 Å². The number of fused-ring (bicyclic) bond motifs is 10. The smallest absolute Gasteiger partial charge is 0.321 e. The highest BCUT2D eigenvalue weighted by atomic mass is 32.1. The number of likely N-dealkylation sites (N-methyl/N-ethyl adjacent to an activating group) is 1. The molecule has 2 saturated heterocycles. The number of aromatic nitrogens is 3. The van der Waals surface area contributed by atoms with Gasteiger partial charge in [-0.25, -0.2) is 19.7 Å². The van der Waals surface area contributed by atoms with E-state index in [2.05, 4.69) is 25.9 Å². The van der Waals surface area contributed by atoms with E-state index in [1.165, 1.54) is 39.6 Å². The van der Waals surface area contributed by atoms with E-state index in [9.17, 15) is 19.2 Å². The fraction of sp³-hybridized carbons (Fsp3) is 0.519. The summed E-state index contributed by atoms with van der Waals surface area (Å²) in [4.78, 5) is 70.4. The van der Waals surface area contributed by atoms with Crippen molar-refractivity contribution >= 4 is 46.4 Å². The number of nitrogens with zero attached hydrogens (tertiary/aromatic N) is 5. The van der Waals surface area contributed by atoms with Gasteiger partial charge in [0.25, 0.3) is 17.7 Å². The van der Waals surface area contributed by atoms with Crippen LogP contribution in [0.3, 0.4) is 0 Å². The molecule has 6 heterocycles. The first-order chi connectivity index (χ1) is 20.5. The number of methoxy groups -OCH3 is 1. The highest BCUT2D eigenvalue weighted by molar-refractivity contribution is 7.10. The van der Waals surface area contributed by atoms with Crippen molar-refractivity contribution in [3.63, 3.8) is 0 Å². The summed E-state index contributed by atoms with van der Waals surface area (Å²) in [5, 5.41) is 13.1. The summed E-state index contributed by atoms with van der Waals surface area (Å²) >= 11 is 2.50. The molecule has 0 saturated carbocycles. The molecule has 6 atom stereocenters. The van der Waals surface area contributed by atoms with Crippen molar-refractivity contribution in [2.24, 2.45) is 5.92 Å². The molecule has 0 aliphatic carbocycles. The number of nitrogens with one attached hydrogen (secondary N) is 3. The molecule has 14 nitrogen and oxygen atoms in total. The molecule has 16 heteroatoms. The molecule has 3 aromatic heterocycles. The molecule has 0 aromatic carbocycles. The van der Waals surface area contributed by atoms with Crippen molar-refractivity contribution in [1.29, 1.82) is 0 Å². The Morgan fingerprint density at radius 3 is 2.49 bits per heavy atom. The summed E-state index contributed by atoms with van der Waals surface area (Å²) in [5.74, 6) is -0.885. The molecule has 3 aliphatic heterocycles. The molecule has 3 aliphatic rings. The second-order valence-corrected chi connectivity index (χ2v) is 12.8. The van der Waals surface area contributed by atoms with Crippen LogP contribution >= 0.6 is 22.7 Å². The Morgan fingerprint density at radius 2 is 1.77 bits per heavy atom. The number of ether oxygens (including phenoxy) is 1. The van der Waals surface area contributed by atoms with Gasteiger partial charge in [0, 0.05) is 31.3 Å². The Kier molecular flexibility index (Phi) is 7.25. The summed E-state index contributed by atoms with van der Waals surface area (Å²) < 4.78 is 11.7. The third-order valence-corrected chi connectivity index (χ3v) is 10.4. The van der Waals surface area contributed by atoms with Crippen LogP contribution in [0.25, 0.3) is 0 Å². The predicted octanol–water partition coefficient (Wildman–Crippen LogP) is 3.13. The normalized spacial score (nSPS) is 28.0. The number of rotatable bonds is 3. The van der Waals surface area contributed by atoms with Crippen LogP contribution < -0.4 is 16.0 Å². The average molecular weight is 629 g/mol. The topological polar surface area (TPSA) is 172 Å². The number of hydrogen-bond acceptors (Lipinski definition) is 11. The van der Waals surface area contributed by atoms with Crippen LogP contribution in [0.4, 0.5) is 4.79 Å². The molecular weight excluding hydrogens is 596 g/mol. The molecule has 0 spiro atoms. The van der Waals surface area contributed by atoms with E-state index in [1.807, 2.05) is 13.8 Å². The lowest BCUT2D eigenvalue weighted by atomic mass is 9.99. The van der Waals surface area contributed by atoms with Crippen LogP contribution in [0.5, 0.6) is 0 Å². The maximum atomic E-state index is 14.3. The van der Waals surface area contributed by atoms with E-state index in [-0.39, 0.29) is 41.3 Å². The molecular formula is C27H32N8O6S2. The van der Waals surface area contributed by atoms with Gasteiger partial charge in [0.15, 0.2) is 17.6 Å². The first-order valence-corrected chi connectivity index (χ1v) is 15.7. The van der Waals surface area contributed by atoms with Gasteiger partial charge in [0.05, 0.1) is 12.1 Å². The average Bonchev–Trinajstić information content (AvgIpc) is 3.80. The van der Waals surface area contributed by atoms with E-state index in [0.29, 0.717) is 15.8 Å². The van der Waals surface area contributed by atoms with Crippen molar-refractivity contribution in [3.05, 3.63) is 49.5 Å². The number of oxazole rings is 1. The van der Waals surface area contributed by atoms with Gasteiger partial charge in [-0.2, -0.15) is 0 Å². The third-order valence-electron chi connectivity index (χ3n) is 8.54. The van der Waals surface area contributed by atoms with Crippen molar-refractivity contribution < 1.29 is 28.3 Å². The monoisotopic (exact) mass is 628 g/mol. The molecule has 228 valence electrons. The molecule has 2 fully saturated rings. The van der Waals surface area contributed by atoms with Gasteiger partial charge in [-0.15, -0.1) is 22.7 Å². The molecule has 5 amide bonds. The van der Waals surface area contributed by atoms with Crippen LogP contribution in [0.2, 0.25) is 0 Å². The Hall–Kier alpha value is -3.89. The molecule has 43 heavy (non-hydrogen) atoms. The highest BCUT2D eigenvalue weighted by Gasteiger charge is 2.64. The van der Waals surface area contributed by atoms with Crippen molar-refractivity contribution in [2.45, 2.75) is 70.6 Å². The lowest BCUT2D eigenvalue weighted by molar-refractivity contribution is -0.0981. The van der Waals surface area contributed by atoms with Crippen molar-refractivity contribution in [1.82, 2.24) is 40.7 Å². The Bertz CT molecular complexity index is 1620. The van der Waals surface area contributed by atoms with Crippen LogP contribution in [-0.2, 0) is 4.74 Å². The van der Waals surface area contributed by atoms with E-state index < -0.39 is 47.7 Å². The van der Waals surface area contributed by atoms with Crippen LogP contribution in [0, 0.1) is 12.8 Å². The van der Waals surface area contributed by atoms with Crippen molar-refractivity contribution in [3.8, 4) is 0 Å². The van der Waals surface area contributed by atoms with E-state index in [1.54, 1.807) is 31.7 Å². The minimum atomic E-state index is -1.16. The number of thiazole rings is 2. The van der Waals surface area contributed by atoms with Gasteiger partial charge >= 0.3 is 6.03 Å². The van der Waals surface area contributed by atoms with Crippen LogP contribution in [0.15, 0.2) is 15.2 Å². The SMILES string of the molecule is CCC(C)C1NC(=O)c2nc(oc2C)C(C)NC(=O)c2csc(n2)C2CC3(OC)C(NC(=O)N3C)N2C(=O)c2csc1n2. The standard InChI is InChI=1S/C27H32N8O6S2/c1-7-11(2)17-23-30-15(10-43-23)24(38)35-16(8-27(40-6)25(35)33-26(39)34(27)5)22-29-14(9-42-22)19(36)28-12(3)21-32-18(13(4)41-21)20(37)31-17/h9-12,16-17,25H,7-8H2,1-6H3,(H,28,36)(H,31,37)(H,33,39). The second-order valence-electron chi connectivity index (χ2n) is 11.0. The minimum absolute atomic E-state index is 0.0225.